The molecule has 0 aliphatic heterocycles. The molecule has 0 amide bonds. The minimum atomic E-state index is -3.77. The summed E-state index contributed by atoms with van der Waals surface area (Å²) in [6, 6.07) is 9.29. The van der Waals surface area contributed by atoms with Gasteiger partial charge in [-0.25, -0.2) is 0 Å². The van der Waals surface area contributed by atoms with Crippen molar-refractivity contribution in [3.05, 3.63) is 47.5 Å². The summed E-state index contributed by atoms with van der Waals surface area (Å²) in [4.78, 5) is 10.2. The second-order valence-electron chi connectivity index (χ2n) is 4.48. The van der Waals surface area contributed by atoms with E-state index in [-0.39, 0.29) is 46.8 Å². The van der Waals surface area contributed by atoms with Crippen molar-refractivity contribution in [1.29, 1.82) is 0 Å². The van der Waals surface area contributed by atoms with Crippen molar-refractivity contribution < 1.29 is 53.7 Å². The molecule has 2 aromatic rings. The molecule has 0 aromatic heterocycles. The van der Waals surface area contributed by atoms with Gasteiger partial charge in [0.1, 0.15) is 0 Å². The summed E-state index contributed by atoms with van der Waals surface area (Å²) < 4.78 is 10.5. The maximum atomic E-state index is 11.7. The van der Waals surface area contributed by atoms with Crippen molar-refractivity contribution in [3.8, 4) is 23.0 Å². The Kier molecular flexibility index (Phi) is 6.86. The zero-order valence-electron chi connectivity index (χ0n) is 12.4. The number of phenolic OH excluding ortho intramolecular Hbond substituents is 1. The molecule has 112 valence electrons. The molecule has 0 saturated carbocycles. The van der Waals surface area contributed by atoms with Gasteiger partial charge < -0.3 is 27.0 Å². The number of aromatic hydroxyl groups is 1. The van der Waals surface area contributed by atoms with Crippen LogP contribution in [-0.2, 0) is 12.2 Å². The molecule has 0 saturated heterocycles. The standard InChI is InChI=1S/C14H15O5PS.Na/c1-9-5-3-7-11(15)13(9)18-20(17,21)19-14-10(2)6-4-8-12(14)16;/h3-8,15-16H,1-2H3,(H,17,21);/q;+1/p-1. The molecular weight excluding hydrogens is 334 g/mol. The van der Waals surface area contributed by atoms with E-state index in [2.05, 4.69) is 0 Å². The molecule has 1 unspecified atom stereocenters. The molecular formula is C14H14NaO5PS. The molecule has 0 fully saturated rings. The summed E-state index contributed by atoms with van der Waals surface area (Å²) in [7, 11) is -3.77. The second kappa shape index (κ2) is 7.77. The molecule has 2 aromatic carbocycles. The molecule has 2 rings (SSSR count). The van der Waals surface area contributed by atoms with Gasteiger partial charge in [-0.2, -0.15) is 4.89 Å². The van der Waals surface area contributed by atoms with Crippen LogP contribution in [0.4, 0.5) is 0 Å². The number of hydrogen-bond acceptors (Lipinski definition) is 6. The minimum absolute atomic E-state index is 0. The molecule has 8 heteroatoms. The second-order valence-corrected chi connectivity index (χ2v) is 7.16. The van der Waals surface area contributed by atoms with Crippen molar-refractivity contribution >= 4 is 19.4 Å². The third-order valence-electron chi connectivity index (χ3n) is 2.78. The number of aryl methyl sites for hydroxylation is 2. The first-order chi connectivity index (χ1) is 9.80. The van der Waals surface area contributed by atoms with E-state index in [9.17, 15) is 15.1 Å². The third-order valence-corrected chi connectivity index (χ3v) is 4.05. The molecule has 0 radical (unpaired) electrons. The van der Waals surface area contributed by atoms with Crippen LogP contribution in [-0.4, -0.2) is 10.00 Å². The van der Waals surface area contributed by atoms with Gasteiger partial charge in [0.15, 0.2) is 11.5 Å². The van der Waals surface area contributed by atoms with Crippen molar-refractivity contribution in [3.63, 3.8) is 0 Å². The molecule has 22 heavy (non-hydrogen) atoms. The minimum Gasteiger partial charge on any atom is -0.870 e. The van der Waals surface area contributed by atoms with Gasteiger partial charge in [0.05, 0.1) is 0 Å². The Morgan fingerprint density at radius 3 is 2.05 bits per heavy atom. The van der Waals surface area contributed by atoms with Crippen LogP contribution in [0.2, 0.25) is 0 Å². The zero-order chi connectivity index (χ0) is 15.6. The molecule has 0 aliphatic carbocycles. The van der Waals surface area contributed by atoms with Gasteiger partial charge >= 0.3 is 36.7 Å². The van der Waals surface area contributed by atoms with Crippen molar-refractivity contribution in [2.45, 2.75) is 13.8 Å². The maximum absolute atomic E-state index is 11.7. The van der Waals surface area contributed by atoms with Crippen molar-refractivity contribution in [2.24, 2.45) is 0 Å². The van der Waals surface area contributed by atoms with Gasteiger partial charge in [-0.05, 0) is 25.5 Å². The first kappa shape index (κ1) is 19.4. The largest absolute Gasteiger partial charge is 1.00 e. The Bertz CT molecular complexity index is 570. The zero-order valence-corrected chi connectivity index (χ0v) is 16.1. The van der Waals surface area contributed by atoms with Crippen LogP contribution in [0.25, 0.3) is 0 Å². The fraction of sp³-hybridized carbons (Fsp3) is 0.143. The van der Waals surface area contributed by atoms with Crippen LogP contribution in [0.1, 0.15) is 11.1 Å². The molecule has 1 atom stereocenters. The van der Waals surface area contributed by atoms with Crippen LogP contribution in [0.15, 0.2) is 36.4 Å². The van der Waals surface area contributed by atoms with Crippen LogP contribution in [0.5, 0.6) is 23.0 Å². The number of rotatable bonds is 4. The Morgan fingerprint density at radius 2 is 1.50 bits per heavy atom. The van der Waals surface area contributed by atoms with Crippen LogP contribution < -0.4 is 43.7 Å². The Morgan fingerprint density at radius 1 is 1.00 bits per heavy atom. The average molecular weight is 348 g/mol. The fourth-order valence-electron chi connectivity index (χ4n) is 1.75. The molecule has 2 N–H and O–H groups in total. The molecule has 0 aliphatic rings. The topological polar surface area (TPSA) is 82.0 Å². The summed E-state index contributed by atoms with van der Waals surface area (Å²) in [6.45, 7) is 3.36. The van der Waals surface area contributed by atoms with Gasteiger partial charge in [-0.15, -0.1) is 0 Å². The van der Waals surface area contributed by atoms with E-state index in [1.807, 2.05) is 0 Å². The SMILES string of the molecule is Cc1cccc([O-])c1O[P+](O)([S-])Oc1c(C)cccc1O.[Na+]. The third kappa shape index (κ3) is 4.69. The first-order valence-corrected chi connectivity index (χ1v) is 8.66. The van der Waals surface area contributed by atoms with Gasteiger partial charge in [-0.3, -0.25) is 4.52 Å². The normalized spacial score (nSPS) is 12.9. The number of para-hydroxylation sites is 2. The first-order valence-electron chi connectivity index (χ1n) is 6.07. The molecule has 0 spiro atoms. The van der Waals surface area contributed by atoms with E-state index in [0.29, 0.717) is 11.1 Å². The number of benzene rings is 2. The van der Waals surface area contributed by atoms with E-state index < -0.39 is 12.9 Å². The summed E-state index contributed by atoms with van der Waals surface area (Å²) >= 11 is 4.92. The van der Waals surface area contributed by atoms with E-state index in [1.54, 1.807) is 38.1 Å². The van der Waals surface area contributed by atoms with Gasteiger partial charge in [-0.1, -0.05) is 36.1 Å². The van der Waals surface area contributed by atoms with E-state index in [0.717, 1.165) is 0 Å². The van der Waals surface area contributed by atoms with E-state index in [1.165, 1.54) is 12.1 Å². The quantitative estimate of drug-likeness (QED) is 0.451. The van der Waals surface area contributed by atoms with Crippen LogP contribution in [0, 0.1) is 13.8 Å². The van der Waals surface area contributed by atoms with Crippen LogP contribution in [0.3, 0.4) is 0 Å². The Hall–Kier alpha value is -0.620. The summed E-state index contributed by atoms with van der Waals surface area (Å²) in [5, 5.41) is 21.5. The monoisotopic (exact) mass is 348 g/mol. The Balaban J connectivity index is 0.00000242. The average Bonchev–Trinajstić information content (AvgIpc) is 2.39. The molecule has 5 nitrogen and oxygen atoms in total. The van der Waals surface area contributed by atoms with Crippen molar-refractivity contribution in [1.82, 2.24) is 0 Å². The predicted molar refractivity (Wildman–Crippen MR) is 81.2 cm³/mol. The smallest absolute Gasteiger partial charge is 0.870 e. The van der Waals surface area contributed by atoms with Crippen molar-refractivity contribution in [2.75, 3.05) is 0 Å². The number of hydrogen-bond donors (Lipinski definition) is 2. The van der Waals surface area contributed by atoms with Gasteiger partial charge in [0.2, 0.25) is 5.75 Å². The van der Waals surface area contributed by atoms with Crippen LogP contribution >= 0.6 is 7.15 Å². The molecule has 0 bridgehead atoms. The molecule has 0 heterocycles. The maximum Gasteiger partial charge on any atom is 1.00 e. The number of phenols is 1. The fourth-order valence-corrected chi connectivity index (χ4v) is 3.17. The Labute approximate surface area is 156 Å². The van der Waals surface area contributed by atoms with E-state index in [4.69, 9.17) is 21.3 Å². The summed E-state index contributed by atoms with van der Waals surface area (Å²) in [5.41, 5.74) is 1.14. The summed E-state index contributed by atoms with van der Waals surface area (Å²) in [6.07, 6.45) is 0. The predicted octanol–water partition coefficient (Wildman–Crippen LogP) is -0.239. The van der Waals surface area contributed by atoms with Gasteiger partial charge in [0.25, 0.3) is 0 Å². The van der Waals surface area contributed by atoms with E-state index >= 15 is 0 Å². The summed E-state index contributed by atoms with van der Waals surface area (Å²) in [5.74, 6) is -0.550. The van der Waals surface area contributed by atoms with Gasteiger partial charge in [0, 0.05) is 5.56 Å².